The highest BCUT2D eigenvalue weighted by molar-refractivity contribution is 5.47. The van der Waals surface area contributed by atoms with E-state index in [1.165, 1.54) is 9.03 Å². The second-order valence-electron chi connectivity index (χ2n) is 2.74. The fraction of sp³-hybridized carbons (Fsp3) is 0.200. The summed E-state index contributed by atoms with van der Waals surface area (Å²) in [6, 6.07) is 0. The van der Waals surface area contributed by atoms with Crippen molar-refractivity contribution in [3.05, 3.63) is 16.2 Å². The number of hydrogen-bond donors (Lipinski definition) is 1. The molecule has 0 aliphatic carbocycles. The van der Waals surface area contributed by atoms with Gasteiger partial charge in [-0.2, -0.15) is 5.10 Å². The lowest BCUT2D eigenvalue weighted by molar-refractivity contribution is 0.712. The van der Waals surface area contributed by atoms with E-state index < -0.39 is 0 Å². The van der Waals surface area contributed by atoms with Crippen LogP contribution in [0, 0.1) is 6.92 Å². The van der Waals surface area contributed by atoms with E-state index in [0.717, 1.165) is 0 Å². The molecule has 0 bridgehead atoms. The molecule has 70 valence electrons. The van der Waals surface area contributed by atoms with Crippen molar-refractivity contribution in [3.63, 3.8) is 0 Å². The van der Waals surface area contributed by atoms with Gasteiger partial charge in [0, 0.05) is 0 Å². The Morgan fingerprint density at radius 3 is 3.14 bits per heavy atom. The zero-order valence-corrected chi connectivity index (χ0v) is 7.04. The molecule has 14 heavy (non-hydrogen) atoms. The van der Waals surface area contributed by atoms with Crippen molar-refractivity contribution in [1.82, 2.24) is 39.9 Å². The van der Waals surface area contributed by atoms with Gasteiger partial charge in [0.25, 0.3) is 5.78 Å². The molecule has 3 rings (SSSR count). The molecule has 0 spiro atoms. The third-order valence-corrected chi connectivity index (χ3v) is 1.88. The molecule has 9 nitrogen and oxygen atoms in total. The molecule has 0 saturated carbocycles. The zero-order chi connectivity index (χ0) is 9.71. The van der Waals surface area contributed by atoms with Crippen LogP contribution in [0.15, 0.2) is 4.79 Å². The molecule has 0 unspecified atom stereocenters. The molecule has 0 amide bonds. The number of H-pyrrole nitrogens is 1. The largest absolute Gasteiger partial charge is 0.350 e. The van der Waals surface area contributed by atoms with Crippen LogP contribution >= 0.6 is 0 Å². The molecule has 3 aromatic rings. The summed E-state index contributed by atoms with van der Waals surface area (Å²) in [7, 11) is 0. The number of aromatic amines is 1. The first-order valence-corrected chi connectivity index (χ1v) is 3.79. The van der Waals surface area contributed by atoms with Gasteiger partial charge in [0.15, 0.2) is 5.65 Å². The van der Waals surface area contributed by atoms with Crippen LogP contribution in [-0.4, -0.2) is 39.9 Å². The first kappa shape index (κ1) is 7.12. The molecule has 9 heteroatoms. The average molecular weight is 192 g/mol. The van der Waals surface area contributed by atoms with Gasteiger partial charge in [-0.15, -0.1) is 5.10 Å². The van der Waals surface area contributed by atoms with Crippen molar-refractivity contribution in [2.75, 3.05) is 0 Å². The third-order valence-electron chi connectivity index (χ3n) is 1.88. The summed E-state index contributed by atoms with van der Waals surface area (Å²) >= 11 is 0. The molecule has 0 aromatic carbocycles. The maximum atomic E-state index is 11.4. The Hall–Kier alpha value is -2.32. The lowest BCUT2D eigenvalue weighted by Crippen LogP contribution is -2.14. The molecular weight excluding hydrogens is 188 g/mol. The smallest absolute Gasteiger partial charge is 0.246 e. The van der Waals surface area contributed by atoms with Gasteiger partial charge in [0.2, 0.25) is 0 Å². The second-order valence-corrected chi connectivity index (χ2v) is 2.74. The molecule has 0 saturated heterocycles. The Morgan fingerprint density at radius 2 is 2.29 bits per heavy atom. The van der Waals surface area contributed by atoms with Crippen LogP contribution in [0.25, 0.3) is 11.4 Å². The Bertz CT molecular complexity index is 674. The summed E-state index contributed by atoms with van der Waals surface area (Å²) in [4.78, 5) is 11.4. The molecule has 0 fully saturated rings. The third kappa shape index (κ3) is 0.683. The van der Waals surface area contributed by atoms with Gasteiger partial charge in [0.05, 0.1) is 0 Å². The maximum Gasteiger partial charge on any atom is 0.350 e. The second kappa shape index (κ2) is 2.13. The van der Waals surface area contributed by atoms with Crippen LogP contribution in [-0.2, 0) is 0 Å². The van der Waals surface area contributed by atoms with Gasteiger partial charge in [-0.3, -0.25) is 0 Å². The van der Waals surface area contributed by atoms with Crippen LogP contribution < -0.4 is 5.69 Å². The topological polar surface area (TPSA) is 106 Å². The van der Waals surface area contributed by atoms with Crippen molar-refractivity contribution >= 4 is 11.4 Å². The summed E-state index contributed by atoms with van der Waals surface area (Å²) in [6.45, 7) is 1.72. The van der Waals surface area contributed by atoms with Crippen LogP contribution in [0.1, 0.15) is 5.69 Å². The van der Waals surface area contributed by atoms with Crippen LogP contribution in [0.3, 0.4) is 0 Å². The zero-order valence-electron chi connectivity index (χ0n) is 7.04. The van der Waals surface area contributed by atoms with Gasteiger partial charge >= 0.3 is 5.69 Å². The highest BCUT2D eigenvalue weighted by Crippen LogP contribution is 2.01. The summed E-state index contributed by atoms with van der Waals surface area (Å²) < 4.78 is 2.45. The standard InChI is InChI=1S/C5H4N8O/c1-2-3-6-8-5(14)12(3)4-7-10-11-13(4)9-2/h1H3,(H,8,14). The number of fused-ring (bicyclic) bond motifs is 3. The SMILES string of the molecule is Cc1nn2nnnc2n2c(=O)[nH]nc12. The molecule has 0 aliphatic heterocycles. The van der Waals surface area contributed by atoms with Crippen molar-refractivity contribution in [2.45, 2.75) is 6.92 Å². The summed E-state index contributed by atoms with van der Waals surface area (Å²) in [5.74, 6) is 0.240. The highest BCUT2D eigenvalue weighted by atomic mass is 16.1. The Kier molecular flexibility index (Phi) is 1.08. The van der Waals surface area contributed by atoms with Crippen molar-refractivity contribution in [3.8, 4) is 0 Å². The van der Waals surface area contributed by atoms with Gasteiger partial charge in [-0.05, 0) is 17.4 Å². The molecular formula is C5H4N8O. The van der Waals surface area contributed by atoms with E-state index >= 15 is 0 Å². The lowest BCUT2D eigenvalue weighted by atomic mass is 10.5. The van der Waals surface area contributed by atoms with E-state index in [0.29, 0.717) is 11.3 Å². The van der Waals surface area contributed by atoms with Crippen LogP contribution in [0.2, 0.25) is 0 Å². The minimum Gasteiger partial charge on any atom is -0.246 e. The van der Waals surface area contributed by atoms with E-state index in [2.05, 4.69) is 30.8 Å². The first-order chi connectivity index (χ1) is 6.77. The molecule has 0 atom stereocenters. The number of hydrogen-bond acceptors (Lipinski definition) is 6. The summed E-state index contributed by atoms with van der Waals surface area (Å²) in [6.07, 6.45) is 0. The minimum atomic E-state index is -0.384. The van der Waals surface area contributed by atoms with Crippen LogP contribution in [0.5, 0.6) is 0 Å². The van der Waals surface area contributed by atoms with Crippen LogP contribution in [0.4, 0.5) is 0 Å². The Labute approximate surface area is 75.4 Å². The number of aryl methyl sites for hydroxylation is 1. The van der Waals surface area contributed by atoms with Gasteiger partial charge in [-0.25, -0.2) is 14.3 Å². The molecule has 3 heterocycles. The lowest BCUT2D eigenvalue weighted by Gasteiger charge is -1.94. The quantitative estimate of drug-likeness (QED) is 0.448. The normalized spacial score (nSPS) is 11.5. The van der Waals surface area contributed by atoms with E-state index in [4.69, 9.17) is 0 Å². The van der Waals surface area contributed by atoms with Crippen molar-refractivity contribution in [2.24, 2.45) is 0 Å². The molecule has 3 aromatic heterocycles. The Balaban J connectivity index is 2.78. The predicted octanol–water partition coefficient (Wildman–Crippen LogP) is -1.84. The molecule has 0 aliphatic rings. The van der Waals surface area contributed by atoms with Gasteiger partial charge < -0.3 is 0 Å². The molecule has 1 N–H and O–H groups in total. The van der Waals surface area contributed by atoms with Gasteiger partial charge in [0.1, 0.15) is 5.69 Å². The number of nitrogens with zero attached hydrogens (tertiary/aromatic N) is 7. The number of rotatable bonds is 0. The van der Waals surface area contributed by atoms with Gasteiger partial charge in [-0.1, -0.05) is 9.73 Å². The molecule has 0 radical (unpaired) electrons. The summed E-state index contributed by atoms with van der Waals surface area (Å²) in [5, 5.41) is 20.8. The Morgan fingerprint density at radius 1 is 1.43 bits per heavy atom. The highest BCUT2D eigenvalue weighted by Gasteiger charge is 2.11. The van der Waals surface area contributed by atoms with E-state index in [1.807, 2.05) is 0 Å². The fourth-order valence-corrected chi connectivity index (χ4v) is 1.29. The van der Waals surface area contributed by atoms with Crippen molar-refractivity contribution < 1.29 is 0 Å². The number of tetrazole rings is 1. The minimum absolute atomic E-state index is 0.240. The van der Waals surface area contributed by atoms with E-state index in [-0.39, 0.29) is 11.5 Å². The maximum absolute atomic E-state index is 11.4. The number of aromatic nitrogens is 8. The monoisotopic (exact) mass is 192 g/mol. The summed E-state index contributed by atoms with van der Waals surface area (Å²) in [5.41, 5.74) is 0.616. The van der Waals surface area contributed by atoms with E-state index in [1.54, 1.807) is 6.92 Å². The predicted molar refractivity (Wildman–Crippen MR) is 42.7 cm³/mol. The first-order valence-electron chi connectivity index (χ1n) is 3.79. The number of nitrogens with one attached hydrogen (secondary N) is 1. The van der Waals surface area contributed by atoms with Crippen molar-refractivity contribution in [1.29, 1.82) is 0 Å². The average Bonchev–Trinajstić information content (AvgIpc) is 2.71. The van der Waals surface area contributed by atoms with E-state index in [9.17, 15) is 4.79 Å². The fourth-order valence-electron chi connectivity index (χ4n) is 1.29.